The molecule has 0 saturated carbocycles. The van der Waals surface area contributed by atoms with Crippen molar-refractivity contribution < 1.29 is 14.3 Å². The van der Waals surface area contributed by atoms with E-state index < -0.39 is 5.82 Å². The number of halogens is 1. The summed E-state index contributed by atoms with van der Waals surface area (Å²) in [5.74, 6) is -0.489. The zero-order chi connectivity index (χ0) is 8.43. The van der Waals surface area contributed by atoms with Gasteiger partial charge in [0.15, 0.2) is 5.82 Å². The summed E-state index contributed by atoms with van der Waals surface area (Å²) >= 11 is 0. The first-order chi connectivity index (χ1) is 5.11. The van der Waals surface area contributed by atoms with Crippen molar-refractivity contribution in [1.29, 1.82) is 0 Å². The lowest BCUT2D eigenvalue weighted by Crippen LogP contribution is -2.38. The summed E-state index contributed by atoms with van der Waals surface area (Å²) in [6, 6.07) is 2.39. The Morgan fingerprint density at radius 1 is 1.64 bits per heavy atom. The smallest absolute Gasteiger partial charge is 0.258 e. The number of hydrogen-bond acceptors (Lipinski definition) is 2. The third kappa shape index (κ3) is 1.65. The molecule has 1 aromatic heterocycles. The molecule has 60 valence electrons. The SMILES string of the molecule is C[C@@H](N)c1ccc(F)c[n+]1O. The molecule has 3 nitrogen and oxygen atoms in total. The maximum Gasteiger partial charge on any atom is 0.258 e. The Morgan fingerprint density at radius 2 is 2.27 bits per heavy atom. The van der Waals surface area contributed by atoms with Crippen molar-refractivity contribution in [2.24, 2.45) is 5.73 Å². The zero-order valence-electron chi connectivity index (χ0n) is 6.16. The van der Waals surface area contributed by atoms with Crippen molar-refractivity contribution in [2.75, 3.05) is 0 Å². The van der Waals surface area contributed by atoms with Crippen LogP contribution in [0.3, 0.4) is 0 Å². The summed E-state index contributed by atoms with van der Waals surface area (Å²) < 4.78 is 13.1. The Balaban J connectivity index is 3.09. The quantitative estimate of drug-likeness (QED) is 0.457. The lowest BCUT2D eigenvalue weighted by molar-refractivity contribution is -0.911. The summed E-state index contributed by atoms with van der Waals surface area (Å²) in [6.45, 7) is 1.71. The van der Waals surface area contributed by atoms with Crippen LogP contribution in [0, 0.1) is 5.82 Å². The number of nitrogens with zero attached hydrogens (tertiary/aromatic N) is 1. The van der Waals surface area contributed by atoms with Crippen LogP contribution in [0.25, 0.3) is 0 Å². The number of aromatic nitrogens is 1. The lowest BCUT2D eigenvalue weighted by Gasteiger charge is -1.98. The molecule has 3 N–H and O–H groups in total. The van der Waals surface area contributed by atoms with E-state index >= 15 is 0 Å². The molecule has 1 aromatic rings. The number of rotatable bonds is 1. The third-order valence-electron chi connectivity index (χ3n) is 1.39. The predicted octanol–water partition coefficient (Wildman–Crippen LogP) is 0.370. The topological polar surface area (TPSA) is 50.1 Å². The van der Waals surface area contributed by atoms with Crippen LogP contribution in [0.15, 0.2) is 18.3 Å². The monoisotopic (exact) mass is 157 g/mol. The first kappa shape index (κ1) is 7.94. The fourth-order valence-electron chi connectivity index (χ4n) is 0.836. The molecular weight excluding hydrogens is 147 g/mol. The van der Waals surface area contributed by atoms with E-state index in [1.54, 1.807) is 6.92 Å². The van der Waals surface area contributed by atoms with Gasteiger partial charge in [0.1, 0.15) is 0 Å². The van der Waals surface area contributed by atoms with Crippen LogP contribution in [0.2, 0.25) is 0 Å². The average molecular weight is 157 g/mol. The van der Waals surface area contributed by atoms with Crippen molar-refractivity contribution in [3.05, 3.63) is 29.8 Å². The van der Waals surface area contributed by atoms with E-state index in [0.29, 0.717) is 10.4 Å². The molecule has 0 aliphatic rings. The highest BCUT2D eigenvalue weighted by molar-refractivity contribution is 5.01. The largest absolute Gasteiger partial charge is 0.319 e. The Morgan fingerprint density at radius 3 is 2.73 bits per heavy atom. The predicted molar refractivity (Wildman–Crippen MR) is 36.4 cm³/mol. The minimum Gasteiger partial charge on any atom is -0.319 e. The molecule has 0 fully saturated rings. The fourth-order valence-corrected chi connectivity index (χ4v) is 0.836. The van der Waals surface area contributed by atoms with Crippen molar-refractivity contribution in [1.82, 2.24) is 0 Å². The van der Waals surface area contributed by atoms with Gasteiger partial charge in [0.05, 0.1) is 6.04 Å². The summed E-state index contributed by atoms with van der Waals surface area (Å²) in [5, 5.41) is 9.06. The van der Waals surface area contributed by atoms with E-state index in [-0.39, 0.29) is 6.04 Å². The van der Waals surface area contributed by atoms with Gasteiger partial charge in [-0.3, -0.25) is 5.21 Å². The van der Waals surface area contributed by atoms with Crippen LogP contribution in [-0.4, -0.2) is 5.21 Å². The maximum absolute atomic E-state index is 12.4. The van der Waals surface area contributed by atoms with Crippen LogP contribution < -0.4 is 10.5 Å². The highest BCUT2D eigenvalue weighted by atomic mass is 19.1. The fraction of sp³-hybridized carbons (Fsp3) is 0.286. The van der Waals surface area contributed by atoms with Gasteiger partial charge in [-0.05, 0) is 13.0 Å². The van der Waals surface area contributed by atoms with Gasteiger partial charge in [0, 0.05) is 10.8 Å². The van der Waals surface area contributed by atoms with Gasteiger partial charge < -0.3 is 5.73 Å². The molecule has 0 aliphatic carbocycles. The first-order valence-corrected chi connectivity index (χ1v) is 3.27. The molecule has 0 aromatic carbocycles. The van der Waals surface area contributed by atoms with Gasteiger partial charge in [0.25, 0.3) is 11.9 Å². The van der Waals surface area contributed by atoms with Gasteiger partial charge in [-0.2, -0.15) is 0 Å². The molecule has 0 amide bonds. The van der Waals surface area contributed by atoms with Gasteiger partial charge in [-0.15, -0.1) is 0 Å². The Kier molecular flexibility index (Phi) is 2.05. The second kappa shape index (κ2) is 2.84. The van der Waals surface area contributed by atoms with E-state index in [0.717, 1.165) is 6.20 Å². The standard InChI is InChI=1S/C7H10FN2O/c1-5(9)7-3-2-6(8)4-10(7)11/h2-5,11H,9H2,1H3/q+1/t5-/m1/s1. The molecule has 0 aliphatic heterocycles. The number of pyridine rings is 1. The number of nitrogens with two attached hydrogens (primary N) is 1. The average Bonchev–Trinajstić information content (AvgIpc) is 1.85. The van der Waals surface area contributed by atoms with Gasteiger partial charge in [-0.1, -0.05) is 0 Å². The van der Waals surface area contributed by atoms with E-state index in [1.807, 2.05) is 0 Å². The van der Waals surface area contributed by atoms with E-state index in [1.165, 1.54) is 12.1 Å². The maximum atomic E-state index is 12.4. The molecule has 4 heteroatoms. The zero-order valence-corrected chi connectivity index (χ0v) is 6.16. The van der Waals surface area contributed by atoms with Crippen LogP contribution in [0.1, 0.15) is 18.7 Å². The van der Waals surface area contributed by atoms with Crippen molar-refractivity contribution in [2.45, 2.75) is 13.0 Å². The lowest BCUT2D eigenvalue weighted by atomic mass is 10.2. The summed E-state index contributed by atoms with van der Waals surface area (Å²) in [6.07, 6.45) is 0.971. The highest BCUT2D eigenvalue weighted by Crippen LogP contribution is 2.02. The van der Waals surface area contributed by atoms with Crippen LogP contribution in [0.5, 0.6) is 0 Å². The molecule has 0 saturated heterocycles. The molecule has 0 unspecified atom stereocenters. The van der Waals surface area contributed by atoms with Crippen LogP contribution in [0.4, 0.5) is 4.39 Å². The van der Waals surface area contributed by atoms with Crippen LogP contribution >= 0.6 is 0 Å². The molecule has 0 bridgehead atoms. The van der Waals surface area contributed by atoms with E-state index in [2.05, 4.69) is 0 Å². The van der Waals surface area contributed by atoms with Gasteiger partial charge in [0.2, 0.25) is 0 Å². The molecule has 1 rings (SSSR count). The molecular formula is C7H10FN2O+. The van der Waals surface area contributed by atoms with Gasteiger partial charge >= 0.3 is 0 Å². The minimum atomic E-state index is -0.489. The Labute approximate surface area is 63.8 Å². The molecule has 1 atom stereocenters. The molecule has 0 spiro atoms. The molecule has 0 radical (unpaired) electrons. The molecule has 11 heavy (non-hydrogen) atoms. The normalized spacial score (nSPS) is 13.0. The first-order valence-electron chi connectivity index (χ1n) is 3.27. The van der Waals surface area contributed by atoms with Gasteiger partial charge in [-0.25, -0.2) is 4.39 Å². The van der Waals surface area contributed by atoms with Crippen molar-refractivity contribution >= 4 is 0 Å². The van der Waals surface area contributed by atoms with Crippen molar-refractivity contribution in [3.63, 3.8) is 0 Å². The van der Waals surface area contributed by atoms with E-state index in [4.69, 9.17) is 10.9 Å². The summed E-state index contributed by atoms with van der Waals surface area (Å²) in [4.78, 5) is 0. The second-order valence-corrected chi connectivity index (χ2v) is 2.41. The number of hydrogen-bond donors (Lipinski definition) is 2. The minimum absolute atomic E-state index is 0.305. The summed E-state index contributed by atoms with van der Waals surface area (Å²) in [7, 11) is 0. The van der Waals surface area contributed by atoms with E-state index in [9.17, 15) is 4.39 Å². The Hall–Kier alpha value is -1.16. The third-order valence-corrected chi connectivity index (χ3v) is 1.39. The van der Waals surface area contributed by atoms with Crippen LogP contribution in [-0.2, 0) is 0 Å². The van der Waals surface area contributed by atoms with Crippen molar-refractivity contribution in [3.8, 4) is 0 Å². The summed E-state index contributed by atoms with van der Waals surface area (Å²) in [5.41, 5.74) is 5.94. The molecule has 1 heterocycles. The highest BCUT2D eigenvalue weighted by Gasteiger charge is 2.14. The Bertz CT molecular complexity index is 263. The second-order valence-electron chi connectivity index (χ2n) is 2.41.